The normalized spacial score (nSPS) is 17.6. The Morgan fingerprint density at radius 2 is 2.00 bits per heavy atom. The topological polar surface area (TPSA) is 82.5 Å². The van der Waals surface area contributed by atoms with Crippen molar-refractivity contribution in [3.63, 3.8) is 0 Å². The first-order valence-corrected chi connectivity index (χ1v) is 12.6. The molecule has 2 aromatic heterocycles. The van der Waals surface area contributed by atoms with Gasteiger partial charge in [-0.2, -0.15) is 0 Å². The fraction of sp³-hybridized carbons (Fsp3) is 0.500. The lowest BCUT2D eigenvalue weighted by molar-refractivity contribution is 0.0920. The molecule has 2 aliphatic rings. The van der Waals surface area contributed by atoms with E-state index in [4.69, 9.17) is 11.6 Å². The molecule has 1 unspecified atom stereocenters. The standard InChI is InChI=1S/C26H32ClN5O2/c1-15(2)22-19(25(33)28-21(17-6-7-17)14-31-10-4-5-11-31)13-32-23(22)26(34)29-24(30-32)18-8-9-20(27)16(3)12-18/h8-9,12-13,15,17,21H,4-7,10-11,14H2,1-3H3,(H,28,33)(H,29,30,34). The lowest BCUT2D eigenvalue weighted by atomic mass is 9.99. The van der Waals surface area contributed by atoms with Gasteiger partial charge in [0, 0.05) is 34.9 Å². The van der Waals surface area contributed by atoms with E-state index >= 15 is 0 Å². The summed E-state index contributed by atoms with van der Waals surface area (Å²) in [6, 6.07) is 5.67. The number of carbonyl (C=O) groups excluding carboxylic acids is 1. The van der Waals surface area contributed by atoms with E-state index in [1.54, 1.807) is 16.8 Å². The molecule has 1 aliphatic carbocycles. The minimum Gasteiger partial charge on any atom is -0.348 e. The van der Waals surface area contributed by atoms with Crippen molar-refractivity contribution in [2.45, 2.75) is 58.4 Å². The number of nitrogens with zero attached hydrogens (tertiary/aromatic N) is 3. The largest absolute Gasteiger partial charge is 0.348 e. The van der Waals surface area contributed by atoms with Gasteiger partial charge in [0.25, 0.3) is 11.5 Å². The number of nitrogens with one attached hydrogen (secondary N) is 2. The zero-order chi connectivity index (χ0) is 24.0. The number of fused-ring (bicyclic) bond motifs is 1. The maximum absolute atomic E-state index is 13.5. The fourth-order valence-electron chi connectivity index (χ4n) is 5.10. The highest BCUT2D eigenvalue weighted by molar-refractivity contribution is 6.31. The highest BCUT2D eigenvalue weighted by Gasteiger charge is 2.35. The zero-order valence-corrected chi connectivity index (χ0v) is 20.8. The van der Waals surface area contributed by atoms with E-state index in [1.165, 1.54) is 25.7 Å². The number of amides is 1. The number of rotatable bonds is 7. The third-order valence-electron chi connectivity index (χ3n) is 7.09. The minimum absolute atomic E-state index is 0.00441. The summed E-state index contributed by atoms with van der Waals surface area (Å²) < 4.78 is 1.56. The molecule has 1 aliphatic heterocycles. The summed E-state index contributed by atoms with van der Waals surface area (Å²) in [5.41, 5.74) is 3.12. The van der Waals surface area contributed by atoms with E-state index in [2.05, 4.69) is 20.3 Å². The van der Waals surface area contributed by atoms with Crippen LogP contribution in [-0.4, -0.2) is 51.1 Å². The van der Waals surface area contributed by atoms with Crippen molar-refractivity contribution in [3.8, 4) is 11.4 Å². The first-order valence-electron chi connectivity index (χ1n) is 12.3. The van der Waals surface area contributed by atoms with Gasteiger partial charge < -0.3 is 15.2 Å². The van der Waals surface area contributed by atoms with Crippen LogP contribution >= 0.6 is 11.6 Å². The predicted molar refractivity (Wildman–Crippen MR) is 135 cm³/mol. The van der Waals surface area contributed by atoms with Gasteiger partial charge in [-0.3, -0.25) is 9.59 Å². The van der Waals surface area contributed by atoms with Gasteiger partial charge in [-0.25, -0.2) is 4.52 Å². The minimum atomic E-state index is -0.254. The third-order valence-corrected chi connectivity index (χ3v) is 7.52. The molecule has 0 bridgehead atoms. The number of likely N-dealkylation sites (tertiary alicyclic amines) is 1. The number of aromatic nitrogens is 3. The summed E-state index contributed by atoms with van der Waals surface area (Å²) in [5.74, 6) is 0.869. The van der Waals surface area contributed by atoms with Crippen molar-refractivity contribution < 1.29 is 4.79 Å². The maximum Gasteiger partial charge on any atom is 0.275 e. The molecule has 180 valence electrons. The van der Waals surface area contributed by atoms with Gasteiger partial charge in [-0.05, 0) is 81.3 Å². The Labute approximate surface area is 204 Å². The highest BCUT2D eigenvalue weighted by atomic mass is 35.5. The van der Waals surface area contributed by atoms with Crippen LogP contribution < -0.4 is 10.9 Å². The van der Waals surface area contributed by atoms with E-state index in [1.807, 2.05) is 32.9 Å². The lowest BCUT2D eigenvalue weighted by Gasteiger charge is -2.24. The summed E-state index contributed by atoms with van der Waals surface area (Å²) in [5, 5.41) is 8.63. The third kappa shape index (κ3) is 4.51. The van der Waals surface area contributed by atoms with E-state index in [0.29, 0.717) is 27.8 Å². The molecule has 2 fully saturated rings. The summed E-state index contributed by atoms with van der Waals surface area (Å²) >= 11 is 6.16. The van der Waals surface area contributed by atoms with E-state index in [0.717, 1.165) is 36.3 Å². The number of carbonyl (C=O) groups is 1. The molecule has 1 saturated heterocycles. The quantitative estimate of drug-likeness (QED) is 0.524. The Kier molecular flexibility index (Phi) is 6.25. The summed E-state index contributed by atoms with van der Waals surface area (Å²) in [7, 11) is 0. The first-order chi connectivity index (χ1) is 16.3. The Hall–Kier alpha value is -2.64. The van der Waals surface area contributed by atoms with Crippen LogP contribution in [0.25, 0.3) is 16.9 Å². The Balaban J connectivity index is 1.50. The molecule has 34 heavy (non-hydrogen) atoms. The second-order valence-electron chi connectivity index (χ2n) is 10.1. The number of aromatic amines is 1. The molecule has 7 nitrogen and oxygen atoms in total. The number of halogens is 1. The van der Waals surface area contributed by atoms with Gasteiger partial charge in [0.1, 0.15) is 5.52 Å². The molecule has 1 amide bonds. The van der Waals surface area contributed by atoms with Crippen LogP contribution in [0.3, 0.4) is 0 Å². The Morgan fingerprint density at radius 3 is 2.65 bits per heavy atom. The molecule has 1 atom stereocenters. The molecule has 8 heteroatoms. The molecule has 0 spiro atoms. The summed E-state index contributed by atoms with van der Waals surface area (Å²) in [6.07, 6.45) is 6.51. The van der Waals surface area contributed by atoms with Crippen LogP contribution in [0.15, 0.2) is 29.2 Å². The second kappa shape index (κ2) is 9.19. The monoisotopic (exact) mass is 481 g/mol. The molecule has 3 heterocycles. The van der Waals surface area contributed by atoms with E-state index < -0.39 is 0 Å². The number of hydrogen-bond donors (Lipinski definition) is 2. The molecule has 5 rings (SSSR count). The van der Waals surface area contributed by atoms with Gasteiger partial charge in [-0.15, -0.1) is 5.10 Å². The van der Waals surface area contributed by atoms with E-state index in [9.17, 15) is 9.59 Å². The van der Waals surface area contributed by atoms with Crippen molar-refractivity contribution in [2.24, 2.45) is 5.92 Å². The predicted octanol–water partition coefficient (Wildman–Crippen LogP) is 4.38. The fourth-order valence-corrected chi connectivity index (χ4v) is 5.22. The molecular formula is C26H32ClN5O2. The summed E-state index contributed by atoms with van der Waals surface area (Å²) in [4.78, 5) is 32.0. The number of benzene rings is 1. The van der Waals surface area contributed by atoms with Crippen LogP contribution in [0.4, 0.5) is 0 Å². The van der Waals surface area contributed by atoms with Crippen molar-refractivity contribution >= 4 is 23.0 Å². The average molecular weight is 482 g/mol. The van der Waals surface area contributed by atoms with Crippen LogP contribution in [0.2, 0.25) is 5.02 Å². The molecule has 1 aromatic carbocycles. The second-order valence-corrected chi connectivity index (χ2v) is 10.5. The number of H-pyrrole nitrogens is 1. The molecule has 0 radical (unpaired) electrons. The molecule has 1 saturated carbocycles. The Morgan fingerprint density at radius 1 is 1.26 bits per heavy atom. The van der Waals surface area contributed by atoms with Gasteiger partial charge in [-0.1, -0.05) is 25.4 Å². The SMILES string of the molecule is Cc1cc(-c2nn3cc(C(=O)NC(CN4CCCC4)C4CC4)c(C(C)C)c3c(=O)[nH]2)ccc1Cl. The molecular weight excluding hydrogens is 450 g/mol. The number of aryl methyl sites for hydroxylation is 1. The highest BCUT2D eigenvalue weighted by Crippen LogP contribution is 2.34. The van der Waals surface area contributed by atoms with Gasteiger partial charge >= 0.3 is 0 Å². The first kappa shape index (κ1) is 23.1. The van der Waals surface area contributed by atoms with E-state index in [-0.39, 0.29) is 23.4 Å². The van der Waals surface area contributed by atoms with Crippen LogP contribution in [0, 0.1) is 12.8 Å². The molecule has 3 aromatic rings. The smallest absolute Gasteiger partial charge is 0.275 e. The number of hydrogen-bond acceptors (Lipinski definition) is 4. The van der Waals surface area contributed by atoms with Gasteiger partial charge in [0.15, 0.2) is 5.82 Å². The van der Waals surface area contributed by atoms with Crippen molar-refractivity contribution in [1.29, 1.82) is 0 Å². The maximum atomic E-state index is 13.5. The van der Waals surface area contributed by atoms with Crippen LogP contribution in [0.1, 0.15) is 66.9 Å². The van der Waals surface area contributed by atoms with Gasteiger partial charge in [0.05, 0.1) is 5.56 Å². The lowest BCUT2D eigenvalue weighted by Crippen LogP contribution is -2.44. The van der Waals surface area contributed by atoms with Crippen LogP contribution in [0.5, 0.6) is 0 Å². The van der Waals surface area contributed by atoms with Crippen LogP contribution in [-0.2, 0) is 0 Å². The Bertz CT molecular complexity index is 1280. The van der Waals surface area contributed by atoms with Gasteiger partial charge in [0.2, 0.25) is 0 Å². The van der Waals surface area contributed by atoms with Crippen molar-refractivity contribution in [2.75, 3.05) is 19.6 Å². The summed E-state index contributed by atoms with van der Waals surface area (Å²) in [6.45, 7) is 9.04. The van der Waals surface area contributed by atoms with Crippen molar-refractivity contribution in [3.05, 3.63) is 56.5 Å². The zero-order valence-electron chi connectivity index (χ0n) is 20.0. The molecule has 2 N–H and O–H groups in total. The van der Waals surface area contributed by atoms with Crippen molar-refractivity contribution in [1.82, 2.24) is 24.8 Å². The average Bonchev–Trinajstić information content (AvgIpc) is 3.36.